The second-order valence-corrected chi connectivity index (χ2v) is 3.89. The molecule has 3 rings (SSSR count). The highest BCUT2D eigenvalue weighted by Crippen LogP contribution is 2.21. The van der Waals surface area contributed by atoms with Gasteiger partial charge in [-0.3, -0.25) is 4.79 Å². The number of H-pyrrole nitrogens is 1. The quantitative estimate of drug-likeness (QED) is 0.735. The summed E-state index contributed by atoms with van der Waals surface area (Å²) in [5, 5.41) is 1.18. The van der Waals surface area contributed by atoms with Gasteiger partial charge >= 0.3 is 5.97 Å². The Labute approximate surface area is 92.8 Å². The number of aromatic nitrogens is 1. The number of carbonyl (C=O) groups excluding carboxylic acids is 1. The summed E-state index contributed by atoms with van der Waals surface area (Å²) in [6.07, 6.45) is 1.92. The van der Waals surface area contributed by atoms with E-state index in [0.717, 1.165) is 17.7 Å². The van der Waals surface area contributed by atoms with Crippen LogP contribution < -0.4 is 4.90 Å². The van der Waals surface area contributed by atoms with Gasteiger partial charge in [0.25, 0.3) is 0 Å². The molecule has 2 heterocycles. The maximum Gasteiger partial charge on any atom is 0.325 e. The number of nitrogens with zero attached hydrogens (tertiary/aromatic N) is 1. The molecule has 1 aromatic heterocycles. The molecule has 0 amide bonds. The van der Waals surface area contributed by atoms with E-state index in [2.05, 4.69) is 17.1 Å². The van der Waals surface area contributed by atoms with Crippen LogP contribution in [0.2, 0.25) is 0 Å². The molecule has 0 aliphatic carbocycles. The van der Waals surface area contributed by atoms with Crippen molar-refractivity contribution in [2.45, 2.75) is 0 Å². The van der Waals surface area contributed by atoms with Crippen molar-refractivity contribution < 1.29 is 9.53 Å². The molecule has 1 aliphatic rings. The van der Waals surface area contributed by atoms with Crippen LogP contribution in [0.4, 0.5) is 5.69 Å². The molecule has 82 valence electrons. The number of rotatable bonds is 1. The van der Waals surface area contributed by atoms with Crippen LogP contribution in [0.1, 0.15) is 0 Å². The van der Waals surface area contributed by atoms with Crippen molar-refractivity contribution in [1.82, 2.24) is 4.98 Å². The minimum atomic E-state index is -0.155. The number of aromatic amines is 1. The Bertz CT molecular complexity index is 533. The fraction of sp³-hybridized carbons (Fsp3) is 0.250. The van der Waals surface area contributed by atoms with Crippen molar-refractivity contribution in [2.75, 3.05) is 24.6 Å². The standard InChI is InChI=1S/C12H12N2O2/c15-12-8-14(5-6-16-12)10-2-1-9-3-4-13-11(9)7-10/h1-4,7,13H,5-6,8H2. The minimum absolute atomic E-state index is 0.155. The van der Waals surface area contributed by atoms with Gasteiger partial charge in [0.05, 0.1) is 6.54 Å². The van der Waals surface area contributed by atoms with Crippen LogP contribution in [0, 0.1) is 0 Å². The first-order valence-corrected chi connectivity index (χ1v) is 5.31. The minimum Gasteiger partial charge on any atom is -0.462 e. The lowest BCUT2D eigenvalue weighted by Gasteiger charge is -2.27. The number of nitrogens with one attached hydrogen (secondary N) is 1. The molecule has 1 N–H and O–H groups in total. The van der Waals surface area contributed by atoms with Crippen LogP contribution in [-0.2, 0) is 9.53 Å². The van der Waals surface area contributed by atoms with Crippen molar-refractivity contribution in [2.24, 2.45) is 0 Å². The predicted molar refractivity (Wildman–Crippen MR) is 61.5 cm³/mol. The molecule has 1 aliphatic heterocycles. The van der Waals surface area contributed by atoms with Gasteiger partial charge in [-0.05, 0) is 23.6 Å². The lowest BCUT2D eigenvalue weighted by atomic mass is 10.2. The molecule has 1 aromatic carbocycles. The van der Waals surface area contributed by atoms with E-state index in [1.54, 1.807) is 0 Å². The van der Waals surface area contributed by atoms with E-state index >= 15 is 0 Å². The first-order chi connectivity index (χ1) is 7.83. The van der Waals surface area contributed by atoms with Gasteiger partial charge in [0, 0.05) is 17.4 Å². The number of hydrogen-bond acceptors (Lipinski definition) is 3. The summed E-state index contributed by atoms with van der Waals surface area (Å²) in [4.78, 5) is 16.4. The fourth-order valence-corrected chi connectivity index (χ4v) is 2.00. The van der Waals surface area contributed by atoms with Crippen molar-refractivity contribution in [3.63, 3.8) is 0 Å². The Morgan fingerprint density at radius 3 is 3.12 bits per heavy atom. The number of carbonyl (C=O) groups is 1. The Balaban J connectivity index is 1.95. The number of anilines is 1. The average Bonchev–Trinajstić information content (AvgIpc) is 2.75. The molecule has 4 nitrogen and oxygen atoms in total. The molecule has 0 bridgehead atoms. The summed E-state index contributed by atoms with van der Waals surface area (Å²) < 4.78 is 4.91. The Kier molecular flexibility index (Phi) is 2.06. The number of esters is 1. The van der Waals surface area contributed by atoms with E-state index in [4.69, 9.17) is 4.74 Å². The number of ether oxygens (including phenoxy) is 1. The van der Waals surface area contributed by atoms with Gasteiger partial charge in [-0.25, -0.2) is 0 Å². The lowest BCUT2D eigenvalue weighted by molar-refractivity contribution is -0.143. The van der Waals surface area contributed by atoms with Gasteiger partial charge in [0.2, 0.25) is 0 Å². The Morgan fingerprint density at radius 2 is 2.25 bits per heavy atom. The molecule has 0 spiro atoms. The summed E-state index contributed by atoms with van der Waals surface area (Å²) in [6, 6.07) is 8.19. The van der Waals surface area contributed by atoms with Crippen LogP contribution in [0.3, 0.4) is 0 Å². The number of morpholine rings is 1. The molecular formula is C12H12N2O2. The maximum absolute atomic E-state index is 11.2. The molecule has 0 atom stereocenters. The first kappa shape index (κ1) is 9.27. The zero-order valence-corrected chi connectivity index (χ0v) is 8.77. The van der Waals surface area contributed by atoms with Gasteiger partial charge < -0.3 is 14.6 Å². The molecule has 16 heavy (non-hydrogen) atoms. The highest BCUT2D eigenvalue weighted by molar-refractivity contribution is 5.84. The van der Waals surface area contributed by atoms with Crippen molar-refractivity contribution in [1.29, 1.82) is 0 Å². The zero-order valence-electron chi connectivity index (χ0n) is 8.77. The molecule has 0 saturated carbocycles. The SMILES string of the molecule is O=C1CN(c2ccc3cc[nH]c3c2)CCO1. The van der Waals surface area contributed by atoms with Crippen LogP contribution in [0.5, 0.6) is 0 Å². The van der Waals surface area contributed by atoms with Gasteiger partial charge in [-0.2, -0.15) is 0 Å². The van der Waals surface area contributed by atoms with Gasteiger partial charge in [-0.1, -0.05) is 6.07 Å². The highest BCUT2D eigenvalue weighted by atomic mass is 16.5. The summed E-state index contributed by atoms with van der Waals surface area (Å²) in [7, 11) is 0. The molecule has 2 aromatic rings. The molecular weight excluding hydrogens is 204 g/mol. The van der Waals surface area contributed by atoms with Gasteiger partial charge in [0.1, 0.15) is 13.2 Å². The van der Waals surface area contributed by atoms with Crippen molar-refractivity contribution in [3.8, 4) is 0 Å². The van der Waals surface area contributed by atoms with Crippen molar-refractivity contribution in [3.05, 3.63) is 30.5 Å². The van der Waals surface area contributed by atoms with E-state index in [-0.39, 0.29) is 5.97 Å². The number of cyclic esters (lactones) is 1. The Morgan fingerprint density at radius 1 is 1.31 bits per heavy atom. The number of fused-ring (bicyclic) bond motifs is 1. The summed E-state index contributed by atoms with van der Waals surface area (Å²) in [5.74, 6) is -0.155. The lowest BCUT2D eigenvalue weighted by Crippen LogP contribution is -2.39. The third kappa shape index (κ3) is 1.52. The molecule has 1 fully saturated rings. The van der Waals surface area contributed by atoms with E-state index < -0.39 is 0 Å². The third-order valence-electron chi connectivity index (χ3n) is 2.85. The van der Waals surface area contributed by atoms with Crippen LogP contribution >= 0.6 is 0 Å². The zero-order chi connectivity index (χ0) is 11.0. The van der Waals surface area contributed by atoms with Crippen LogP contribution in [0.25, 0.3) is 10.9 Å². The normalized spacial score (nSPS) is 16.5. The van der Waals surface area contributed by atoms with Gasteiger partial charge in [-0.15, -0.1) is 0 Å². The number of benzene rings is 1. The topological polar surface area (TPSA) is 45.3 Å². The highest BCUT2D eigenvalue weighted by Gasteiger charge is 2.18. The van der Waals surface area contributed by atoms with E-state index in [1.165, 1.54) is 5.39 Å². The maximum atomic E-state index is 11.2. The number of hydrogen-bond donors (Lipinski definition) is 1. The summed E-state index contributed by atoms with van der Waals surface area (Å²) >= 11 is 0. The first-order valence-electron chi connectivity index (χ1n) is 5.31. The van der Waals surface area contributed by atoms with E-state index in [1.807, 2.05) is 23.2 Å². The molecule has 0 radical (unpaired) electrons. The average molecular weight is 216 g/mol. The smallest absolute Gasteiger partial charge is 0.325 e. The second kappa shape index (κ2) is 3.56. The molecule has 0 unspecified atom stereocenters. The largest absolute Gasteiger partial charge is 0.462 e. The van der Waals surface area contributed by atoms with E-state index in [0.29, 0.717) is 13.2 Å². The second-order valence-electron chi connectivity index (χ2n) is 3.89. The molecule has 4 heteroatoms. The van der Waals surface area contributed by atoms with Gasteiger partial charge in [0.15, 0.2) is 0 Å². The Hall–Kier alpha value is -1.97. The third-order valence-corrected chi connectivity index (χ3v) is 2.85. The summed E-state index contributed by atoms with van der Waals surface area (Å²) in [5.41, 5.74) is 2.16. The fourth-order valence-electron chi connectivity index (χ4n) is 2.00. The van der Waals surface area contributed by atoms with Crippen LogP contribution in [-0.4, -0.2) is 30.6 Å². The molecule has 1 saturated heterocycles. The van der Waals surface area contributed by atoms with E-state index in [9.17, 15) is 4.79 Å². The van der Waals surface area contributed by atoms with Crippen LogP contribution in [0.15, 0.2) is 30.5 Å². The summed E-state index contributed by atoms with van der Waals surface area (Å²) in [6.45, 7) is 1.58. The predicted octanol–water partition coefficient (Wildman–Crippen LogP) is 1.53. The monoisotopic (exact) mass is 216 g/mol. The van der Waals surface area contributed by atoms with Crippen molar-refractivity contribution >= 4 is 22.6 Å².